The summed E-state index contributed by atoms with van der Waals surface area (Å²) >= 11 is 0. The number of nitrogens with one attached hydrogen (secondary N) is 1. The van der Waals surface area contributed by atoms with Gasteiger partial charge in [0.2, 0.25) is 0 Å². The maximum absolute atomic E-state index is 5.10. The Bertz CT molecular complexity index is 1030. The van der Waals surface area contributed by atoms with Gasteiger partial charge in [-0.15, -0.1) is 0 Å². The van der Waals surface area contributed by atoms with Crippen molar-refractivity contribution in [3.8, 4) is 0 Å². The fourth-order valence-corrected chi connectivity index (χ4v) is 5.10. The number of likely N-dealkylation sites (N-methyl/N-ethyl adjacent to an activating group) is 1. The lowest BCUT2D eigenvalue weighted by Crippen LogP contribution is -2.44. The summed E-state index contributed by atoms with van der Waals surface area (Å²) in [6.45, 7) is 6.51. The van der Waals surface area contributed by atoms with E-state index in [9.17, 15) is 0 Å². The van der Waals surface area contributed by atoms with Crippen LogP contribution in [0.1, 0.15) is 48.4 Å². The van der Waals surface area contributed by atoms with Crippen molar-refractivity contribution in [2.24, 2.45) is 7.05 Å². The first-order valence-corrected chi connectivity index (χ1v) is 11.2. The van der Waals surface area contributed by atoms with Crippen molar-refractivity contribution in [2.75, 3.05) is 38.1 Å². The summed E-state index contributed by atoms with van der Waals surface area (Å²) in [5.41, 5.74) is 6.11. The quantitative estimate of drug-likeness (QED) is 0.723. The summed E-state index contributed by atoms with van der Waals surface area (Å²) in [7, 11) is 4.39. The van der Waals surface area contributed by atoms with E-state index in [0.29, 0.717) is 6.04 Å². The number of nitrogens with zero attached hydrogens (tertiary/aromatic N) is 5. The van der Waals surface area contributed by atoms with Crippen LogP contribution in [0.25, 0.3) is 11.0 Å². The molecule has 0 amide bonds. The largest absolute Gasteiger partial charge is 0.367 e. The van der Waals surface area contributed by atoms with E-state index < -0.39 is 0 Å². The maximum atomic E-state index is 5.10. The second-order valence-electron chi connectivity index (χ2n) is 8.87. The van der Waals surface area contributed by atoms with Gasteiger partial charge in [0.15, 0.2) is 0 Å². The molecule has 0 bridgehead atoms. The average Bonchev–Trinajstić information content (AvgIpc) is 3.12. The van der Waals surface area contributed by atoms with Gasteiger partial charge >= 0.3 is 0 Å². The van der Waals surface area contributed by atoms with Crippen molar-refractivity contribution >= 4 is 16.7 Å². The third-order valence-electron chi connectivity index (χ3n) is 6.83. The van der Waals surface area contributed by atoms with Crippen LogP contribution in [0.2, 0.25) is 0 Å². The zero-order chi connectivity index (χ0) is 20.7. The van der Waals surface area contributed by atoms with Crippen LogP contribution in [0.15, 0.2) is 36.5 Å². The first-order valence-electron chi connectivity index (χ1n) is 11.2. The number of anilines is 1. The summed E-state index contributed by atoms with van der Waals surface area (Å²) in [6, 6.07) is 11.3. The monoisotopic (exact) mass is 404 g/mol. The molecule has 0 saturated carbocycles. The lowest BCUT2D eigenvalue weighted by Gasteiger charge is -2.34. The Kier molecular flexibility index (Phi) is 5.21. The number of piperidine rings is 1. The first kappa shape index (κ1) is 19.5. The van der Waals surface area contributed by atoms with Gasteiger partial charge in [0, 0.05) is 39.4 Å². The Morgan fingerprint density at radius 3 is 2.57 bits per heavy atom. The second kappa shape index (κ2) is 8.00. The summed E-state index contributed by atoms with van der Waals surface area (Å²) in [6.07, 6.45) is 5.34. The van der Waals surface area contributed by atoms with E-state index in [1.165, 1.54) is 28.9 Å². The van der Waals surface area contributed by atoms with E-state index in [2.05, 4.69) is 70.0 Å². The summed E-state index contributed by atoms with van der Waals surface area (Å²) in [5.74, 6) is 1.14. The van der Waals surface area contributed by atoms with Gasteiger partial charge in [0.1, 0.15) is 5.82 Å². The normalized spacial score (nSPS) is 23.2. The number of pyridine rings is 1. The summed E-state index contributed by atoms with van der Waals surface area (Å²) in [5, 5.41) is 3.87. The highest BCUT2D eigenvalue weighted by atomic mass is 15.3. The number of benzene rings is 1. The first-order chi connectivity index (χ1) is 14.6. The van der Waals surface area contributed by atoms with Gasteiger partial charge in [-0.05, 0) is 57.0 Å². The molecule has 158 valence electrons. The van der Waals surface area contributed by atoms with Crippen LogP contribution in [0.5, 0.6) is 0 Å². The molecule has 1 aromatic carbocycles. The van der Waals surface area contributed by atoms with Crippen LogP contribution in [0.3, 0.4) is 0 Å². The minimum atomic E-state index is 0.253. The zero-order valence-electron chi connectivity index (χ0n) is 18.3. The van der Waals surface area contributed by atoms with Crippen LogP contribution in [-0.4, -0.2) is 52.7 Å². The van der Waals surface area contributed by atoms with E-state index in [1.54, 1.807) is 0 Å². The Morgan fingerprint density at radius 2 is 1.77 bits per heavy atom. The molecule has 0 spiro atoms. The Morgan fingerprint density at radius 1 is 0.967 bits per heavy atom. The molecule has 0 aliphatic carbocycles. The molecule has 0 unspecified atom stereocenters. The van der Waals surface area contributed by atoms with Crippen LogP contribution >= 0.6 is 0 Å². The Labute approximate surface area is 178 Å². The number of hydrogen-bond donors (Lipinski definition) is 1. The summed E-state index contributed by atoms with van der Waals surface area (Å²) in [4.78, 5) is 14.7. The standard InChI is InChI=1S/C24H32N6/c1-17-7-6-12-25-22(17)18-8-4-10-20(26-18)24-27-19-9-5-11-21(23(19)29(24)3)30-15-13-28(2)14-16-30/h5-7,9,11-12,18,20,26H,4,8,10,13-16H2,1-3H3/t18-,20+/m0/s1. The van der Waals surface area contributed by atoms with Crippen molar-refractivity contribution in [2.45, 2.75) is 38.3 Å². The molecule has 2 fully saturated rings. The highest BCUT2D eigenvalue weighted by Crippen LogP contribution is 2.35. The minimum absolute atomic E-state index is 0.253. The topological polar surface area (TPSA) is 49.2 Å². The number of imidazole rings is 1. The average molecular weight is 405 g/mol. The van der Waals surface area contributed by atoms with E-state index >= 15 is 0 Å². The predicted octanol–water partition coefficient (Wildman–Crippen LogP) is 3.58. The number of aromatic nitrogens is 3. The van der Waals surface area contributed by atoms with Crippen molar-refractivity contribution < 1.29 is 0 Å². The van der Waals surface area contributed by atoms with Crippen molar-refractivity contribution in [1.29, 1.82) is 0 Å². The molecule has 6 heteroatoms. The molecule has 4 heterocycles. The van der Waals surface area contributed by atoms with E-state index in [0.717, 1.165) is 50.4 Å². The Hall–Kier alpha value is -2.44. The molecule has 2 aliphatic rings. The predicted molar refractivity (Wildman–Crippen MR) is 122 cm³/mol. The lowest BCUT2D eigenvalue weighted by atomic mass is 9.94. The second-order valence-corrected chi connectivity index (χ2v) is 8.87. The van der Waals surface area contributed by atoms with E-state index in [-0.39, 0.29) is 6.04 Å². The molecular weight excluding hydrogens is 372 g/mol. The van der Waals surface area contributed by atoms with Crippen LogP contribution in [0, 0.1) is 6.92 Å². The Balaban J connectivity index is 1.47. The maximum Gasteiger partial charge on any atom is 0.126 e. The van der Waals surface area contributed by atoms with Gasteiger partial charge in [-0.1, -0.05) is 12.1 Å². The van der Waals surface area contributed by atoms with Crippen LogP contribution in [0.4, 0.5) is 5.69 Å². The third kappa shape index (κ3) is 3.48. The van der Waals surface area contributed by atoms with E-state index in [1.807, 2.05) is 12.3 Å². The van der Waals surface area contributed by atoms with Gasteiger partial charge in [-0.2, -0.15) is 0 Å². The van der Waals surface area contributed by atoms with Gasteiger partial charge in [0.25, 0.3) is 0 Å². The molecule has 2 atom stereocenters. The minimum Gasteiger partial charge on any atom is -0.367 e. The molecule has 2 aliphatic heterocycles. The third-order valence-corrected chi connectivity index (χ3v) is 6.83. The number of para-hydroxylation sites is 1. The lowest BCUT2D eigenvalue weighted by molar-refractivity contribution is 0.311. The number of hydrogen-bond acceptors (Lipinski definition) is 5. The highest BCUT2D eigenvalue weighted by Gasteiger charge is 2.29. The number of fused-ring (bicyclic) bond motifs is 1. The SMILES string of the molecule is Cc1cccnc1[C@@H]1CCC[C@H](c2nc3cccc(N4CCN(C)CC4)c3n2C)N1. The van der Waals surface area contributed by atoms with Gasteiger partial charge in [-0.3, -0.25) is 10.3 Å². The van der Waals surface area contributed by atoms with Gasteiger partial charge in [-0.25, -0.2) is 4.98 Å². The van der Waals surface area contributed by atoms with Gasteiger partial charge in [0.05, 0.1) is 34.5 Å². The molecular formula is C24H32N6. The molecule has 5 rings (SSSR count). The fourth-order valence-electron chi connectivity index (χ4n) is 5.10. The zero-order valence-corrected chi connectivity index (χ0v) is 18.3. The molecule has 2 saturated heterocycles. The molecule has 0 radical (unpaired) electrons. The molecule has 2 aromatic heterocycles. The molecule has 30 heavy (non-hydrogen) atoms. The van der Waals surface area contributed by atoms with Crippen molar-refractivity contribution in [1.82, 2.24) is 24.8 Å². The number of piperazine rings is 1. The van der Waals surface area contributed by atoms with Crippen molar-refractivity contribution in [3.05, 3.63) is 53.6 Å². The van der Waals surface area contributed by atoms with Crippen LogP contribution < -0.4 is 10.2 Å². The molecule has 6 nitrogen and oxygen atoms in total. The molecule has 1 N–H and O–H groups in total. The van der Waals surface area contributed by atoms with Crippen molar-refractivity contribution in [3.63, 3.8) is 0 Å². The van der Waals surface area contributed by atoms with E-state index in [4.69, 9.17) is 4.98 Å². The number of rotatable bonds is 3. The smallest absolute Gasteiger partial charge is 0.126 e. The van der Waals surface area contributed by atoms with Gasteiger partial charge < -0.3 is 14.4 Å². The molecule has 3 aromatic rings. The van der Waals surface area contributed by atoms with Crippen LogP contribution in [-0.2, 0) is 7.05 Å². The highest BCUT2D eigenvalue weighted by molar-refractivity contribution is 5.89. The summed E-state index contributed by atoms with van der Waals surface area (Å²) < 4.78 is 2.33. The fraction of sp³-hybridized carbons (Fsp3) is 0.500. The number of aryl methyl sites for hydroxylation is 2.